The van der Waals surface area contributed by atoms with Crippen LogP contribution >= 0.6 is 27.3 Å². The van der Waals surface area contributed by atoms with Gasteiger partial charge in [0.25, 0.3) is 0 Å². The smallest absolute Gasteiger partial charge is 0.224 e. The molecule has 8 heteroatoms. The van der Waals surface area contributed by atoms with Gasteiger partial charge in [-0.25, -0.2) is 4.68 Å². The van der Waals surface area contributed by atoms with Crippen molar-refractivity contribution in [3.63, 3.8) is 0 Å². The number of aromatic hydroxyl groups is 1. The van der Waals surface area contributed by atoms with Crippen molar-refractivity contribution in [1.29, 1.82) is 0 Å². The first-order chi connectivity index (χ1) is 17.6. The van der Waals surface area contributed by atoms with E-state index in [9.17, 15) is 9.90 Å². The van der Waals surface area contributed by atoms with E-state index < -0.39 is 0 Å². The molecule has 3 N–H and O–H groups in total. The third-order valence-corrected chi connectivity index (χ3v) is 7.39. The quantitative estimate of drug-likeness (QED) is 0.266. The van der Waals surface area contributed by atoms with Crippen molar-refractivity contribution in [2.45, 2.75) is 25.9 Å². The molecular formula is C28H25BrN4O2S. The lowest BCUT2D eigenvalue weighted by Gasteiger charge is -2.14. The SMILES string of the molecule is O=C(Cc1ccsc1)NCc1ccc(CNC2=CC(c3ccccc3O)=CCc3c(Br)cnn32)cc1. The zero-order valence-corrected chi connectivity index (χ0v) is 21.8. The molecule has 4 aromatic rings. The number of amides is 1. The number of benzene rings is 2. The van der Waals surface area contributed by atoms with Crippen molar-refractivity contribution in [3.05, 3.63) is 116 Å². The van der Waals surface area contributed by atoms with Crippen LogP contribution in [0.1, 0.15) is 27.9 Å². The van der Waals surface area contributed by atoms with Crippen molar-refractivity contribution >= 4 is 44.6 Å². The van der Waals surface area contributed by atoms with E-state index in [0.717, 1.165) is 43.8 Å². The normalized spacial score (nSPS) is 12.8. The van der Waals surface area contributed by atoms with Gasteiger partial charge in [0.15, 0.2) is 0 Å². The molecule has 1 amide bonds. The van der Waals surface area contributed by atoms with Gasteiger partial charge in [0.1, 0.15) is 11.6 Å². The molecule has 3 heterocycles. The van der Waals surface area contributed by atoms with Crippen molar-refractivity contribution in [3.8, 4) is 5.75 Å². The Balaban J connectivity index is 1.26. The number of nitrogens with zero attached hydrogens (tertiary/aromatic N) is 2. The van der Waals surface area contributed by atoms with Crippen LogP contribution in [0.3, 0.4) is 0 Å². The molecule has 2 aromatic carbocycles. The topological polar surface area (TPSA) is 79.2 Å². The van der Waals surface area contributed by atoms with Crippen LogP contribution in [0.2, 0.25) is 0 Å². The molecule has 0 fully saturated rings. The van der Waals surface area contributed by atoms with Gasteiger partial charge in [-0.05, 0) is 67.2 Å². The van der Waals surface area contributed by atoms with Crippen LogP contribution < -0.4 is 10.6 Å². The zero-order valence-electron chi connectivity index (χ0n) is 19.4. The van der Waals surface area contributed by atoms with E-state index in [2.05, 4.69) is 49.9 Å². The van der Waals surface area contributed by atoms with E-state index in [0.29, 0.717) is 25.9 Å². The van der Waals surface area contributed by atoms with Gasteiger partial charge in [-0.1, -0.05) is 48.5 Å². The summed E-state index contributed by atoms with van der Waals surface area (Å²) in [4.78, 5) is 12.2. The second kappa shape index (κ2) is 11.0. The fraction of sp³-hybridized carbons (Fsp3) is 0.143. The predicted octanol–water partition coefficient (Wildman–Crippen LogP) is 5.50. The number of thiophene rings is 1. The molecule has 0 atom stereocenters. The van der Waals surface area contributed by atoms with Crippen molar-refractivity contribution in [1.82, 2.24) is 20.4 Å². The van der Waals surface area contributed by atoms with Crippen LogP contribution in [0.25, 0.3) is 11.4 Å². The average molecular weight is 562 g/mol. The van der Waals surface area contributed by atoms with Gasteiger partial charge in [0.05, 0.1) is 22.8 Å². The van der Waals surface area contributed by atoms with Gasteiger partial charge in [0, 0.05) is 25.1 Å². The van der Waals surface area contributed by atoms with Crippen LogP contribution in [0.4, 0.5) is 0 Å². The molecule has 2 aromatic heterocycles. The molecule has 182 valence electrons. The van der Waals surface area contributed by atoms with Crippen molar-refractivity contribution in [2.75, 3.05) is 0 Å². The Morgan fingerprint density at radius 2 is 1.83 bits per heavy atom. The summed E-state index contributed by atoms with van der Waals surface area (Å²) in [5, 5.41) is 25.4. The number of allylic oxidation sites excluding steroid dienone is 3. The first kappa shape index (κ1) is 24.1. The zero-order chi connectivity index (χ0) is 24.9. The molecule has 0 aliphatic carbocycles. The molecule has 0 saturated heterocycles. The standard InChI is InChI=1S/C28H25BrN4O2S/c29-24-17-32-33-25(24)10-9-22(23-3-1-2-4-26(23)34)14-27(33)30-15-19-5-7-20(8-6-19)16-31-28(35)13-21-11-12-36-18-21/h1-9,11-12,14,17-18,30,34H,10,13,15-16H2,(H,31,35). The number of phenols is 1. The lowest BCUT2D eigenvalue weighted by atomic mass is 10.0. The Morgan fingerprint density at radius 1 is 1.06 bits per heavy atom. The van der Waals surface area contributed by atoms with E-state index in [1.54, 1.807) is 23.6 Å². The third-order valence-electron chi connectivity index (χ3n) is 6.00. The minimum absolute atomic E-state index is 0.0222. The number of rotatable bonds is 8. The number of hydrogen-bond donors (Lipinski definition) is 3. The maximum absolute atomic E-state index is 12.2. The van der Waals surface area contributed by atoms with Crippen LogP contribution in [0.15, 0.2) is 88.2 Å². The number of aromatic nitrogens is 2. The first-order valence-electron chi connectivity index (χ1n) is 11.6. The van der Waals surface area contributed by atoms with Gasteiger partial charge >= 0.3 is 0 Å². The van der Waals surface area contributed by atoms with Gasteiger partial charge in [0.2, 0.25) is 5.91 Å². The highest BCUT2D eigenvalue weighted by Gasteiger charge is 2.17. The van der Waals surface area contributed by atoms with Crippen LogP contribution in [0.5, 0.6) is 5.75 Å². The summed E-state index contributed by atoms with van der Waals surface area (Å²) in [5.74, 6) is 1.09. The summed E-state index contributed by atoms with van der Waals surface area (Å²) in [6.07, 6.45) is 7.00. The Hall–Kier alpha value is -3.62. The molecule has 36 heavy (non-hydrogen) atoms. The molecule has 1 aliphatic heterocycles. The summed E-state index contributed by atoms with van der Waals surface area (Å²) in [6.45, 7) is 1.10. The number of fused-ring (bicyclic) bond motifs is 1. The van der Waals surface area contributed by atoms with Gasteiger partial charge in [-0.3, -0.25) is 4.79 Å². The van der Waals surface area contributed by atoms with Gasteiger partial charge in [-0.15, -0.1) is 0 Å². The van der Waals surface area contributed by atoms with Gasteiger partial charge < -0.3 is 15.7 Å². The molecule has 1 aliphatic rings. The summed E-state index contributed by atoms with van der Waals surface area (Å²) in [6, 6.07) is 17.5. The highest BCUT2D eigenvalue weighted by molar-refractivity contribution is 9.10. The molecule has 6 nitrogen and oxygen atoms in total. The van der Waals surface area contributed by atoms with E-state index in [-0.39, 0.29) is 11.7 Å². The van der Waals surface area contributed by atoms with Crippen LogP contribution in [-0.4, -0.2) is 20.8 Å². The van der Waals surface area contributed by atoms with Crippen molar-refractivity contribution < 1.29 is 9.90 Å². The summed E-state index contributed by atoms with van der Waals surface area (Å²) in [7, 11) is 0. The highest BCUT2D eigenvalue weighted by atomic mass is 79.9. The summed E-state index contributed by atoms with van der Waals surface area (Å²) < 4.78 is 2.83. The fourth-order valence-corrected chi connectivity index (χ4v) is 5.15. The number of nitrogens with one attached hydrogen (secondary N) is 2. The van der Waals surface area contributed by atoms with E-state index >= 15 is 0 Å². The van der Waals surface area contributed by atoms with Crippen LogP contribution in [0, 0.1) is 0 Å². The number of carbonyl (C=O) groups excluding carboxylic acids is 1. The molecule has 0 bridgehead atoms. The highest BCUT2D eigenvalue weighted by Crippen LogP contribution is 2.31. The van der Waals surface area contributed by atoms with E-state index in [4.69, 9.17) is 0 Å². The average Bonchev–Trinajstić information content (AvgIpc) is 3.48. The summed E-state index contributed by atoms with van der Waals surface area (Å²) >= 11 is 5.20. The minimum Gasteiger partial charge on any atom is -0.507 e. The van der Waals surface area contributed by atoms with E-state index in [1.807, 2.05) is 57.9 Å². The molecular weight excluding hydrogens is 536 g/mol. The molecule has 0 radical (unpaired) electrons. The Morgan fingerprint density at radius 3 is 2.58 bits per heavy atom. The number of para-hydroxylation sites is 1. The van der Waals surface area contributed by atoms with Gasteiger partial charge in [-0.2, -0.15) is 16.4 Å². The lowest BCUT2D eigenvalue weighted by molar-refractivity contribution is -0.120. The third kappa shape index (κ3) is 5.61. The largest absolute Gasteiger partial charge is 0.507 e. The number of carbonyl (C=O) groups is 1. The Labute approximate surface area is 222 Å². The number of phenolic OH excluding ortho intramolecular Hbond substituents is 1. The predicted molar refractivity (Wildman–Crippen MR) is 147 cm³/mol. The van der Waals surface area contributed by atoms with Crippen LogP contribution in [-0.2, 0) is 30.7 Å². The maximum Gasteiger partial charge on any atom is 0.224 e. The second-order valence-corrected chi connectivity index (χ2v) is 10.2. The Bertz CT molecular complexity index is 1420. The fourth-order valence-electron chi connectivity index (χ4n) is 4.06. The molecule has 0 spiro atoms. The molecule has 0 saturated carbocycles. The lowest BCUT2D eigenvalue weighted by Crippen LogP contribution is -2.24. The number of halogens is 1. The molecule has 5 rings (SSSR count). The Kier molecular flexibility index (Phi) is 7.34. The monoisotopic (exact) mass is 560 g/mol. The maximum atomic E-state index is 12.2. The second-order valence-electron chi connectivity index (χ2n) is 8.52. The van der Waals surface area contributed by atoms with Crippen molar-refractivity contribution in [2.24, 2.45) is 0 Å². The summed E-state index contributed by atoms with van der Waals surface area (Å²) in [5.41, 5.74) is 5.95. The minimum atomic E-state index is 0.0222. The van der Waals surface area contributed by atoms with E-state index in [1.165, 1.54) is 0 Å². The first-order valence-corrected chi connectivity index (χ1v) is 13.3. The number of hydrogen-bond acceptors (Lipinski definition) is 5. The molecule has 0 unspecified atom stereocenters.